The third kappa shape index (κ3) is 6.71. The zero-order valence-corrected chi connectivity index (χ0v) is 35.1. The predicted octanol–water partition coefficient (Wildman–Crippen LogP) is 14.4. The molecule has 0 aliphatic carbocycles. The minimum Gasteiger partial charge on any atom is -0.507 e. The van der Waals surface area contributed by atoms with Crippen molar-refractivity contribution in [3.05, 3.63) is 168 Å². The van der Waals surface area contributed by atoms with Crippen LogP contribution in [0.25, 0.3) is 83.8 Å². The van der Waals surface area contributed by atoms with E-state index >= 15 is 0 Å². The molecule has 0 aliphatic rings. The van der Waals surface area contributed by atoms with Gasteiger partial charge in [0.25, 0.3) is 0 Å². The summed E-state index contributed by atoms with van der Waals surface area (Å²) in [5, 5.41) is 13.3. The summed E-state index contributed by atoms with van der Waals surface area (Å²) in [6.45, 7) is 17.4. The molecule has 0 atom stereocenters. The molecule has 0 fully saturated rings. The fraction of sp³-hybridized carbons (Fsp3) is 0.185. The van der Waals surface area contributed by atoms with Crippen LogP contribution in [0.2, 0.25) is 0 Å². The maximum Gasteiger partial charge on any atom is 0.227 e. The number of phenolic OH excluding ortho intramolecular Hbond substituents is 1. The van der Waals surface area contributed by atoms with E-state index in [0.717, 1.165) is 72.3 Å². The summed E-state index contributed by atoms with van der Waals surface area (Å²) in [5.41, 5.74) is 16.3. The first-order valence-electron chi connectivity index (χ1n) is 20.4. The molecule has 1 N–H and O–H groups in total. The van der Waals surface area contributed by atoms with Crippen molar-refractivity contribution in [1.82, 2.24) is 14.5 Å². The number of aromatic hydroxyl groups is 1. The number of pyridine rings is 1. The topological polar surface area (TPSA) is 64.1 Å². The Hall–Kier alpha value is -6.72. The third-order valence-electron chi connectivity index (χ3n) is 11.6. The van der Waals surface area contributed by atoms with Crippen LogP contribution in [0.1, 0.15) is 63.8 Å². The van der Waals surface area contributed by atoms with Crippen molar-refractivity contribution in [1.29, 1.82) is 0 Å². The lowest BCUT2D eigenvalue weighted by atomic mass is 9.79. The van der Waals surface area contributed by atoms with Crippen LogP contribution < -0.4 is 0 Å². The molecule has 5 heteroatoms. The van der Waals surface area contributed by atoms with Gasteiger partial charge in [-0.25, -0.2) is 9.97 Å². The van der Waals surface area contributed by atoms with Gasteiger partial charge in [-0.3, -0.25) is 4.57 Å². The molecule has 0 saturated carbocycles. The zero-order valence-electron chi connectivity index (χ0n) is 35.1. The van der Waals surface area contributed by atoms with Crippen LogP contribution in [0, 0.1) is 13.8 Å². The molecule has 9 aromatic rings. The number of phenols is 1. The van der Waals surface area contributed by atoms with Gasteiger partial charge in [0, 0.05) is 33.2 Å². The van der Waals surface area contributed by atoms with E-state index in [1.54, 1.807) is 0 Å². The molecular weight excluding hydrogens is 723 g/mol. The van der Waals surface area contributed by atoms with Crippen LogP contribution in [-0.4, -0.2) is 19.6 Å². The molecule has 0 amide bonds. The molecule has 0 saturated heterocycles. The SMILES string of the molecule is Cc1cccc(C)c1-c1coc2nc(-c3cccc(-c4cccc5c4nc(-c4cc(C(C)(C)C)cc(C(C)(C)C)c4O)n5-c4ccccc4-c4ccccc4)c3)ccc12. The Balaban J connectivity index is 1.25. The normalized spacial score (nSPS) is 12.1. The summed E-state index contributed by atoms with van der Waals surface area (Å²) in [6.07, 6.45) is 1.83. The fourth-order valence-corrected chi connectivity index (χ4v) is 8.45. The number of imidazole rings is 1. The van der Waals surface area contributed by atoms with E-state index in [1.165, 1.54) is 16.7 Å². The first kappa shape index (κ1) is 37.8. The van der Waals surface area contributed by atoms with Gasteiger partial charge >= 0.3 is 0 Å². The molecule has 6 aromatic carbocycles. The summed E-state index contributed by atoms with van der Waals surface area (Å²) < 4.78 is 8.35. The number of aromatic nitrogens is 3. The summed E-state index contributed by atoms with van der Waals surface area (Å²) in [7, 11) is 0. The number of hydrogen-bond acceptors (Lipinski definition) is 4. The number of furan rings is 1. The average molecular weight is 772 g/mol. The number of para-hydroxylation sites is 2. The molecule has 0 bridgehead atoms. The molecule has 0 spiro atoms. The summed E-state index contributed by atoms with van der Waals surface area (Å²) >= 11 is 0. The van der Waals surface area contributed by atoms with E-state index in [2.05, 4.69) is 193 Å². The van der Waals surface area contributed by atoms with Crippen molar-refractivity contribution < 1.29 is 9.52 Å². The standard InChI is InChI=1S/C54H49N3O2/c1-33-17-14-18-34(2)48(33)43-32-59-52-41(43)27-28-45(55-52)37-22-15-21-36(29-37)40-24-16-26-47-49(40)56-51(42-30-38(53(3,4)5)31-44(50(42)58)54(6,7)8)57(47)46-25-13-12-23-39(46)35-19-10-9-11-20-35/h9-32,58H,1-8H3. The smallest absolute Gasteiger partial charge is 0.227 e. The van der Waals surface area contributed by atoms with Crippen molar-refractivity contribution in [3.63, 3.8) is 0 Å². The van der Waals surface area contributed by atoms with Crippen LogP contribution in [0.5, 0.6) is 5.75 Å². The van der Waals surface area contributed by atoms with Gasteiger partial charge in [-0.2, -0.15) is 0 Å². The van der Waals surface area contributed by atoms with Crippen LogP contribution >= 0.6 is 0 Å². The van der Waals surface area contributed by atoms with E-state index in [0.29, 0.717) is 17.1 Å². The zero-order chi connectivity index (χ0) is 41.2. The number of hydrogen-bond donors (Lipinski definition) is 1. The molecule has 3 aromatic heterocycles. The molecule has 0 radical (unpaired) electrons. The van der Waals surface area contributed by atoms with E-state index in [4.69, 9.17) is 14.4 Å². The van der Waals surface area contributed by atoms with E-state index in [9.17, 15) is 5.11 Å². The summed E-state index contributed by atoms with van der Waals surface area (Å²) in [6, 6.07) is 48.7. The van der Waals surface area contributed by atoms with Gasteiger partial charge in [0.05, 0.1) is 28.0 Å². The number of benzene rings is 6. The van der Waals surface area contributed by atoms with Crippen LogP contribution in [-0.2, 0) is 10.8 Å². The molecule has 292 valence electrons. The van der Waals surface area contributed by atoms with Gasteiger partial charge in [-0.15, -0.1) is 0 Å². The van der Waals surface area contributed by atoms with Gasteiger partial charge in [0.15, 0.2) is 0 Å². The molecule has 0 unspecified atom stereocenters. The minimum atomic E-state index is -0.307. The second kappa shape index (κ2) is 14.3. The Morgan fingerprint density at radius 2 is 1.22 bits per heavy atom. The third-order valence-corrected chi connectivity index (χ3v) is 11.6. The number of nitrogens with zero attached hydrogens (tertiary/aromatic N) is 3. The van der Waals surface area contributed by atoms with Gasteiger partial charge in [0.2, 0.25) is 5.71 Å². The first-order chi connectivity index (χ1) is 28.3. The van der Waals surface area contributed by atoms with Gasteiger partial charge in [-0.05, 0) is 94.5 Å². The predicted molar refractivity (Wildman–Crippen MR) is 244 cm³/mol. The number of rotatable bonds is 6. The number of fused-ring (bicyclic) bond motifs is 2. The quantitative estimate of drug-likeness (QED) is 0.183. The maximum atomic E-state index is 12.3. The lowest BCUT2D eigenvalue weighted by Gasteiger charge is -2.27. The molecule has 3 heterocycles. The van der Waals surface area contributed by atoms with E-state index < -0.39 is 0 Å². The largest absolute Gasteiger partial charge is 0.507 e. The lowest BCUT2D eigenvalue weighted by Crippen LogP contribution is -2.17. The Bertz CT molecular complexity index is 3020. The molecule has 0 aliphatic heterocycles. The summed E-state index contributed by atoms with van der Waals surface area (Å²) in [5.74, 6) is 0.939. The first-order valence-corrected chi connectivity index (χ1v) is 20.4. The second-order valence-corrected chi connectivity index (χ2v) is 17.8. The molecule has 9 rings (SSSR count). The Kier molecular flexibility index (Phi) is 9.16. The van der Waals surface area contributed by atoms with Crippen molar-refractivity contribution in [2.45, 2.75) is 66.2 Å². The van der Waals surface area contributed by atoms with Crippen LogP contribution in [0.15, 0.2) is 150 Å². The molecule has 5 nitrogen and oxygen atoms in total. The maximum absolute atomic E-state index is 12.3. The van der Waals surface area contributed by atoms with Crippen LogP contribution in [0.4, 0.5) is 0 Å². The van der Waals surface area contributed by atoms with Crippen molar-refractivity contribution >= 4 is 22.1 Å². The highest BCUT2D eigenvalue weighted by atomic mass is 16.3. The van der Waals surface area contributed by atoms with Crippen molar-refractivity contribution in [3.8, 4) is 67.5 Å². The fourth-order valence-electron chi connectivity index (χ4n) is 8.45. The van der Waals surface area contributed by atoms with Gasteiger partial charge in [-0.1, -0.05) is 145 Å². The second-order valence-electron chi connectivity index (χ2n) is 17.8. The number of aryl methyl sites for hydroxylation is 2. The Labute approximate surface area is 346 Å². The minimum absolute atomic E-state index is 0.166. The Morgan fingerprint density at radius 1 is 0.559 bits per heavy atom. The van der Waals surface area contributed by atoms with E-state index in [1.807, 2.05) is 12.3 Å². The average Bonchev–Trinajstić information content (AvgIpc) is 3.82. The molecular formula is C54H49N3O2. The highest BCUT2D eigenvalue weighted by molar-refractivity contribution is 5.98. The highest BCUT2D eigenvalue weighted by Crippen LogP contribution is 2.45. The van der Waals surface area contributed by atoms with Crippen molar-refractivity contribution in [2.75, 3.05) is 0 Å². The molecule has 59 heavy (non-hydrogen) atoms. The monoisotopic (exact) mass is 771 g/mol. The van der Waals surface area contributed by atoms with Gasteiger partial charge < -0.3 is 9.52 Å². The lowest BCUT2D eigenvalue weighted by molar-refractivity contribution is 0.446. The van der Waals surface area contributed by atoms with Gasteiger partial charge in [0.1, 0.15) is 17.8 Å². The van der Waals surface area contributed by atoms with E-state index in [-0.39, 0.29) is 16.6 Å². The Morgan fingerprint density at radius 3 is 1.97 bits per heavy atom. The highest BCUT2D eigenvalue weighted by Gasteiger charge is 2.29. The van der Waals surface area contributed by atoms with Crippen molar-refractivity contribution in [2.24, 2.45) is 0 Å². The summed E-state index contributed by atoms with van der Waals surface area (Å²) in [4.78, 5) is 10.6. The van der Waals surface area contributed by atoms with Crippen LogP contribution in [0.3, 0.4) is 0 Å².